The monoisotopic (exact) mass is 574 g/mol. The molecule has 2 fully saturated rings. The summed E-state index contributed by atoms with van der Waals surface area (Å²) in [5, 5.41) is 18.1. The Hall–Kier alpha value is -2.67. The number of hydrogen-bond acceptors (Lipinski definition) is 7. The van der Waals surface area contributed by atoms with Crippen LogP contribution in [0, 0.1) is 5.41 Å². The molecule has 1 saturated carbocycles. The molecule has 1 aliphatic carbocycles. The molecule has 1 aromatic carbocycles. The number of carbonyl (C=O) groups excluding carboxylic acids is 1. The van der Waals surface area contributed by atoms with Gasteiger partial charge in [-0.1, -0.05) is 25.3 Å². The number of aliphatic hydroxyl groups is 1. The average molecular weight is 575 g/mol. The van der Waals surface area contributed by atoms with Crippen LogP contribution in [0.3, 0.4) is 0 Å². The Balaban J connectivity index is 1.38. The Morgan fingerprint density at radius 3 is 2.60 bits per heavy atom. The molecule has 1 atom stereocenters. The first-order valence-corrected chi connectivity index (χ1v) is 15.8. The Labute approximate surface area is 236 Å². The number of aryl methyl sites for hydroxylation is 1. The van der Waals surface area contributed by atoms with Gasteiger partial charge in [-0.3, -0.25) is 4.68 Å². The number of urea groups is 1. The summed E-state index contributed by atoms with van der Waals surface area (Å²) in [6, 6.07) is 5.31. The van der Waals surface area contributed by atoms with E-state index in [1.54, 1.807) is 29.1 Å². The summed E-state index contributed by atoms with van der Waals surface area (Å²) in [7, 11) is -0.164. The van der Waals surface area contributed by atoms with Crippen LogP contribution in [0.15, 0.2) is 35.5 Å². The average Bonchev–Trinajstić information content (AvgIpc) is 3.37. The first-order valence-electron chi connectivity index (χ1n) is 14.3. The first-order chi connectivity index (χ1) is 19.1. The second-order valence-electron chi connectivity index (χ2n) is 11.8. The van der Waals surface area contributed by atoms with Crippen LogP contribution in [0.1, 0.15) is 44.9 Å². The number of amides is 2. The van der Waals surface area contributed by atoms with Crippen LogP contribution in [0.2, 0.25) is 0 Å². The maximum absolute atomic E-state index is 13.3. The number of piperidine rings is 1. The van der Waals surface area contributed by atoms with Gasteiger partial charge in [0, 0.05) is 63.0 Å². The number of β-amino-alcohol motifs (C(OH)–C–C–N with tert-alkyl or cyclic N) is 1. The lowest BCUT2D eigenvalue weighted by molar-refractivity contribution is 0.0239. The van der Waals surface area contributed by atoms with E-state index in [9.17, 15) is 18.3 Å². The lowest BCUT2D eigenvalue weighted by Crippen LogP contribution is -2.54. The van der Waals surface area contributed by atoms with Crippen LogP contribution in [-0.4, -0.2) is 97.7 Å². The van der Waals surface area contributed by atoms with E-state index >= 15 is 0 Å². The second kappa shape index (κ2) is 12.1. The summed E-state index contributed by atoms with van der Waals surface area (Å²) < 4.78 is 37.1. The quantitative estimate of drug-likeness (QED) is 0.502. The lowest BCUT2D eigenvalue weighted by Gasteiger charge is -2.44. The fraction of sp³-hybridized carbons (Fsp3) is 0.643. The topological polar surface area (TPSA) is 129 Å². The Morgan fingerprint density at radius 2 is 1.90 bits per heavy atom. The molecule has 2 aliphatic heterocycles. The molecule has 1 aromatic heterocycles. The van der Waals surface area contributed by atoms with Gasteiger partial charge in [0.1, 0.15) is 10.6 Å². The maximum atomic E-state index is 13.3. The van der Waals surface area contributed by atoms with E-state index < -0.39 is 16.1 Å². The van der Waals surface area contributed by atoms with Crippen molar-refractivity contribution in [2.24, 2.45) is 12.5 Å². The Bertz CT molecular complexity index is 1280. The summed E-state index contributed by atoms with van der Waals surface area (Å²) >= 11 is 0. The van der Waals surface area contributed by atoms with E-state index in [2.05, 4.69) is 15.1 Å². The van der Waals surface area contributed by atoms with Gasteiger partial charge in [-0.15, -0.1) is 0 Å². The summed E-state index contributed by atoms with van der Waals surface area (Å²) in [5.41, 5.74) is 1.34. The van der Waals surface area contributed by atoms with E-state index in [-0.39, 0.29) is 34.7 Å². The van der Waals surface area contributed by atoms with Crippen LogP contribution in [0.5, 0.6) is 5.75 Å². The number of aliphatic hydroxyl groups excluding tert-OH is 1. The number of likely N-dealkylation sites (N-methyl/N-ethyl adjacent to an activating group) is 1. The molecule has 3 aliphatic rings. The largest absolute Gasteiger partial charge is 0.492 e. The van der Waals surface area contributed by atoms with Crippen molar-refractivity contribution in [1.82, 2.24) is 29.6 Å². The minimum absolute atomic E-state index is 0.00299. The minimum Gasteiger partial charge on any atom is -0.492 e. The van der Waals surface area contributed by atoms with E-state index in [0.29, 0.717) is 45.6 Å². The lowest BCUT2D eigenvalue weighted by atomic mass is 9.78. The molecule has 1 spiro atoms. The summed E-state index contributed by atoms with van der Waals surface area (Å²) in [6.45, 7) is 2.38. The number of sulfonamides is 1. The predicted molar refractivity (Wildman–Crippen MR) is 151 cm³/mol. The van der Waals surface area contributed by atoms with Crippen molar-refractivity contribution in [2.75, 3.05) is 46.4 Å². The molecule has 2 amide bonds. The first kappa shape index (κ1) is 28.8. The SMILES string of the molecule is CN1CC(O)CNS(=O)(=O)c2ccc(-c3cnn(C)c3)cc2OCC2(CCN(C(=O)NC3CCCCC3)CC2)C1. The zero-order valence-corrected chi connectivity index (χ0v) is 24.3. The number of ether oxygens (including phenoxy) is 1. The van der Waals surface area contributed by atoms with Crippen LogP contribution < -0.4 is 14.8 Å². The van der Waals surface area contributed by atoms with Gasteiger partial charge in [0.25, 0.3) is 0 Å². The highest BCUT2D eigenvalue weighted by Crippen LogP contribution is 2.36. The molecule has 1 saturated heterocycles. The molecule has 220 valence electrons. The van der Waals surface area contributed by atoms with Crippen molar-refractivity contribution in [3.05, 3.63) is 30.6 Å². The number of carbonyl (C=O) groups is 1. The zero-order valence-electron chi connectivity index (χ0n) is 23.5. The van der Waals surface area contributed by atoms with Crippen molar-refractivity contribution in [3.63, 3.8) is 0 Å². The third-order valence-electron chi connectivity index (χ3n) is 8.49. The smallest absolute Gasteiger partial charge is 0.317 e. The molecule has 5 rings (SSSR count). The van der Waals surface area contributed by atoms with E-state index in [0.717, 1.165) is 24.0 Å². The standard InChI is InChI=1S/C28H42N6O5S/c1-32-18-24(35)16-30-40(37,38)26-9-8-21(22-15-29-33(2)17-22)14-25(26)39-20-28(19-32)10-12-34(13-11-28)27(36)31-23-6-4-3-5-7-23/h8-9,14-15,17,23-24,30,35H,3-7,10-13,16,18-20H2,1-2H3,(H,31,36). The molecule has 0 radical (unpaired) electrons. The number of benzene rings is 1. The predicted octanol–water partition coefficient (Wildman–Crippen LogP) is 2.18. The Morgan fingerprint density at radius 1 is 1.15 bits per heavy atom. The van der Waals surface area contributed by atoms with Gasteiger partial charge in [0.15, 0.2) is 0 Å². The minimum atomic E-state index is -3.93. The van der Waals surface area contributed by atoms with Crippen molar-refractivity contribution in [1.29, 1.82) is 0 Å². The maximum Gasteiger partial charge on any atom is 0.317 e. The highest BCUT2D eigenvalue weighted by atomic mass is 32.2. The zero-order chi connectivity index (χ0) is 28.3. The van der Waals surface area contributed by atoms with E-state index in [4.69, 9.17) is 4.74 Å². The number of nitrogens with one attached hydrogen (secondary N) is 2. The molecule has 11 nitrogen and oxygen atoms in total. The third-order valence-corrected chi connectivity index (χ3v) is 9.95. The number of likely N-dealkylation sites (tertiary alicyclic amines) is 1. The molecule has 3 heterocycles. The highest BCUT2D eigenvalue weighted by Gasteiger charge is 2.39. The number of aromatic nitrogens is 2. The number of fused-ring (bicyclic) bond motifs is 1. The van der Waals surface area contributed by atoms with Gasteiger partial charge in [-0.25, -0.2) is 17.9 Å². The second-order valence-corrected chi connectivity index (χ2v) is 13.6. The van der Waals surface area contributed by atoms with Gasteiger partial charge in [0.05, 0.1) is 18.9 Å². The van der Waals surface area contributed by atoms with Gasteiger partial charge in [-0.05, 0) is 50.4 Å². The molecule has 40 heavy (non-hydrogen) atoms. The molecular formula is C28H42N6O5S. The Kier molecular flexibility index (Phi) is 8.69. The van der Waals surface area contributed by atoms with Gasteiger partial charge < -0.3 is 25.0 Å². The van der Waals surface area contributed by atoms with Crippen molar-refractivity contribution >= 4 is 16.1 Å². The van der Waals surface area contributed by atoms with Gasteiger partial charge in [-0.2, -0.15) is 5.10 Å². The normalized spacial score (nSPS) is 24.4. The van der Waals surface area contributed by atoms with Crippen molar-refractivity contribution in [3.8, 4) is 16.9 Å². The third kappa shape index (κ3) is 6.79. The van der Waals surface area contributed by atoms with E-state index in [1.165, 1.54) is 19.3 Å². The molecule has 12 heteroatoms. The summed E-state index contributed by atoms with van der Waals surface area (Å²) in [6.07, 6.45) is 9.82. The summed E-state index contributed by atoms with van der Waals surface area (Å²) in [4.78, 5) is 17.0. The molecule has 2 aromatic rings. The summed E-state index contributed by atoms with van der Waals surface area (Å²) in [5.74, 6) is 0.267. The fourth-order valence-electron chi connectivity index (χ4n) is 6.21. The fourth-order valence-corrected chi connectivity index (χ4v) is 7.41. The van der Waals surface area contributed by atoms with Gasteiger partial charge >= 0.3 is 6.03 Å². The number of hydrogen-bond donors (Lipinski definition) is 3. The van der Waals surface area contributed by atoms with Crippen molar-refractivity contribution in [2.45, 2.75) is 62.0 Å². The molecular weight excluding hydrogens is 532 g/mol. The molecule has 0 bridgehead atoms. The van der Waals surface area contributed by atoms with Crippen LogP contribution in [0.4, 0.5) is 4.79 Å². The number of rotatable bonds is 2. The van der Waals surface area contributed by atoms with Crippen LogP contribution >= 0.6 is 0 Å². The van der Waals surface area contributed by atoms with Crippen molar-refractivity contribution < 1.29 is 23.1 Å². The van der Waals surface area contributed by atoms with Crippen LogP contribution in [0.25, 0.3) is 11.1 Å². The van der Waals surface area contributed by atoms with Gasteiger partial charge in [0.2, 0.25) is 10.0 Å². The molecule has 3 N–H and O–H groups in total. The number of nitrogens with zero attached hydrogens (tertiary/aromatic N) is 4. The van der Waals surface area contributed by atoms with Crippen LogP contribution in [-0.2, 0) is 17.1 Å². The molecule has 1 unspecified atom stereocenters. The van der Waals surface area contributed by atoms with E-state index in [1.807, 2.05) is 30.1 Å². The highest BCUT2D eigenvalue weighted by molar-refractivity contribution is 7.89.